The summed E-state index contributed by atoms with van der Waals surface area (Å²) in [4.78, 5) is 13.5. The molecule has 1 aliphatic heterocycles. The SMILES string of the molecule is c1ccc(CCCN2CCCN(c3cnccn3)CC2)cc1. The monoisotopic (exact) mass is 296 g/mol. The van der Waals surface area contributed by atoms with Crippen molar-refractivity contribution in [3.05, 3.63) is 54.5 Å². The maximum atomic E-state index is 4.42. The number of hydrogen-bond donors (Lipinski definition) is 0. The highest BCUT2D eigenvalue weighted by molar-refractivity contribution is 5.35. The summed E-state index contributed by atoms with van der Waals surface area (Å²) in [6.07, 6.45) is 8.97. The second-order valence-electron chi connectivity index (χ2n) is 5.84. The molecule has 0 unspecified atom stereocenters. The van der Waals surface area contributed by atoms with Gasteiger partial charge in [0.2, 0.25) is 0 Å². The van der Waals surface area contributed by atoms with Crippen molar-refractivity contribution < 1.29 is 0 Å². The van der Waals surface area contributed by atoms with E-state index in [2.05, 4.69) is 50.1 Å². The van der Waals surface area contributed by atoms with Crippen molar-refractivity contribution in [2.24, 2.45) is 0 Å². The Bertz CT molecular complexity index is 544. The zero-order chi connectivity index (χ0) is 15.0. The number of aryl methyl sites for hydroxylation is 1. The maximum Gasteiger partial charge on any atom is 0.147 e. The lowest BCUT2D eigenvalue weighted by Gasteiger charge is -2.22. The van der Waals surface area contributed by atoms with Gasteiger partial charge in [0.15, 0.2) is 0 Å². The molecule has 1 aliphatic rings. The Morgan fingerprint density at radius 2 is 1.86 bits per heavy atom. The second-order valence-corrected chi connectivity index (χ2v) is 5.84. The summed E-state index contributed by atoms with van der Waals surface area (Å²) < 4.78 is 0. The lowest BCUT2D eigenvalue weighted by molar-refractivity contribution is 0.290. The molecule has 0 aliphatic carbocycles. The Hall–Kier alpha value is -1.94. The molecule has 3 rings (SSSR count). The van der Waals surface area contributed by atoms with Gasteiger partial charge in [-0.05, 0) is 37.9 Å². The van der Waals surface area contributed by atoms with Crippen LogP contribution in [0, 0.1) is 0 Å². The van der Waals surface area contributed by atoms with Crippen molar-refractivity contribution in [1.82, 2.24) is 14.9 Å². The van der Waals surface area contributed by atoms with Gasteiger partial charge in [0.25, 0.3) is 0 Å². The van der Waals surface area contributed by atoms with Gasteiger partial charge in [0.05, 0.1) is 6.20 Å². The zero-order valence-corrected chi connectivity index (χ0v) is 13.1. The summed E-state index contributed by atoms with van der Waals surface area (Å²) in [5.74, 6) is 1.01. The van der Waals surface area contributed by atoms with E-state index in [1.807, 2.05) is 6.20 Å². The number of aromatic nitrogens is 2. The molecular weight excluding hydrogens is 272 g/mol. The third kappa shape index (κ3) is 4.28. The molecule has 0 bridgehead atoms. The Kier molecular flexibility index (Phi) is 5.37. The van der Waals surface area contributed by atoms with E-state index in [-0.39, 0.29) is 0 Å². The molecule has 1 aromatic heterocycles. The summed E-state index contributed by atoms with van der Waals surface area (Å²) in [5, 5.41) is 0. The highest BCUT2D eigenvalue weighted by Gasteiger charge is 2.15. The van der Waals surface area contributed by atoms with E-state index in [0.717, 1.165) is 25.5 Å². The normalized spacial score (nSPS) is 16.5. The van der Waals surface area contributed by atoms with E-state index in [1.54, 1.807) is 12.4 Å². The molecule has 0 radical (unpaired) electrons. The van der Waals surface area contributed by atoms with E-state index in [0.29, 0.717) is 0 Å². The summed E-state index contributed by atoms with van der Waals surface area (Å²) in [5.41, 5.74) is 1.44. The van der Waals surface area contributed by atoms with Crippen molar-refractivity contribution in [3.63, 3.8) is 0 Å². The van der Waals surface area contributed by atoms with Gasteiger partial charge < -0.3 is 9.80 Å². The lowest BCUT2D eigenvalue weighted by atomic mass is 10.1. The van der Waals surface area contributed by atoms with E-state index in [4.69, 9.17) is 0 Å². The zero-order valence-electron chi connectivity index (χ0n) is 13.1. The quantitative estimate of drug-likeness (QED) is 0.849. The van der Waals surface area contributed by atoms with Crippen LogP contribution >= 0.6 is 0 Å². The van der Waals surface area contributed by atoms with Gasteiger partial charge in [-0.1, -0.05) is 30.3 Å². The number of rotatable bonds is 5. The highest BCUT2D eigenvalue weighted by Crippen LogP contribution is 2.12. The molecular formula is C18H24N4. The van der Waals surface area contributed by atoms with Gasteiger partial charge in [-0.15, -0.1) is 0 Å². The Balaban J connectivity index is 1.44. The molecule has 1 saturated heterocycles. The van der Waals surface area contributed by atoms with Crippen molar-refractivity contribution in [1.29, 1.82) is 0 Å². The third-order valence-electron chi connectivity index (χ3n) is 4.24. The first-order chi connectivity index (χ1) is 10.9. The predicted octanol–water partition coefficient (Wildman–Crippen LogP) is 2.62. The number of nitrogens with zero attached hydrogens (tertiary/aromatic N) is 4. The molecule has 2 heterocycles. The van der Waals surface area contributed by atoms with Gasteiger partial charge in [0.1, 0.15) is 5.82 Å². The average molecular weight is 296 g/mol. The topological polar surface area (TPSA) is 32.3 Å². The number of hydrogen-bond acceptors (Lipinski definition) is 4. The van der Waals surface area contributed by atoms with Gasteiger partial charge in [-0.2, -0.15) is 0 Å². The van der Waals surface area contributed by atoms with Crippen molar-refractivity contribution in [2.75, 3.05) is 37.6 Å². The summed E-state index contributed by atoms with van der Waals surface area (Å²) in [6.45, 7) is 5.61. The predicted molar refractivity (Wildman–Crippen MR) is 90.1 cm³/mol. The first kappa shape index (κ1) is 15.0. The average Bonchev–Trinajstić information content (AvgIpc) is 2.82. The molecule has 2 aromatic rings. The van der Waals surface area contributed by atoms with Crippen LogP contribution in [-0.4, -0.2) is 47.6 Å². The Morgan fingerprint density at radius 3 is 2.68 bits per heavy atom. The van der Waals surface area contributed by atoms with Crippen LogP contribution in [0.5, 0.6) is 0 Å². The summed E-state index contributed by atoms with van der Waals surface area (Å²) in [7, 11) is 0. The summed E-state index contributed by atoms with van der Waals surface area (Å²) >= 11 is 0. The first-order valence-electron chi connectivity index (χ1n) is 8.19. The number of anilines is 1. The van der Waals surface area contributed by atoms with Gasteiger partial charge in [-0.25, -0.2) is 4.98 Å². The third-order valence-corrected chi connectivity index (χ3v) is 4.24. The van der Waals surface area contributed by atoms with Crippen molar-refractivity contribution >= 4 is 5.82 Å². The fourth-order valence-corrected chi connectivity index (χ4v) is 3.03. The Labute approximate surface area is 132 Å². The smallest absolute Gasteiger partial charge is 0.147 e. The van der Waals surface area contributed by atoms with Crippen molar-refractivity contribution in [2.45, 2.75) is 19.3 Å². The van der Waals surface area contributed by atoms with Crippen LogP contribution in [0.15, 0.2) is 48.9 Å². The molecule has 116 valence electrons. The van der Waals surface area contributed by atoms with Crippen LogP contribution in [0.4, 0.5) is 5.82 Å². The standard InChI is InChI=1S/C18H24N4/c1-2-6-17(7-3-1)8-4-11-21-12-5-13-22(15-14-21)18-16-19-9-10-20-18/h1-3,6-7,9-10,16H,4-5,8,11-15H2. The molecule has 0 N–H and O–H groups in total. The molecule has 0 saturated carbocycles. The molecule has 4 heteroatoms. The minimum Gasteiger partial charge on any atom is -0.354 e. The van der Waals surface area contributed by atoms with Crippen LogP contribution in [0.3, 0.4) is 0 Å². The van der Waals surface area contributed by atoms with Gasteiger partial charge >= 0.3 is 0 Å². The van der Waals surface area contributed by atoms with Crippen LogP contribution in [0.25, 0.3) is 0 Å². The van der Waals surface area contributed by atoms with Gasteiger partial charge in [-0.3, -0.25) is 4.98 Å². The maximum absolute atomic E-state index is 4.42. The van der Waals surface area contributed by atoms with E-state index in [9.17, 15) is 0 Å². The fraction of sp³-hybridized carbons (Fsp3) is 0.444. The minimum absolute atomic E-state index is 1.01. The molecule has 0 amide bonds. The van der Waals surface area contributed by atoms with Gasteiger partial charge in [0, 0.05) is 32.0 Å². The number of benzene rings is 1. The lowest BCUT2D eigenvalue weighted by Crippen LogP contribution is -2.31. The molecule has 4 nitrogen and oxygen atoms in total. The molecule has 0 spiro atoms. The molecule has 1 fully saturated rings. The summed E-state index contributed by atoms with van der Waals surface area (Å²) in [6, 6.07) is 10.8. The second kappa shape index (κ2) is 7.90. The van der Waals surface area contributed by atoms with E-state index >= 15 is 0 Å². The molecule has 0 atom stereocenters. The van der Waals surface area contributed by atoms with Crippen molar-refractivity contribution in [3.8, 4) is 0 Å². The van der Waals surface area contributed by atoms with Crippen LogP contribution in [-0.2, 0) is 6.42 Å². The van der Waals surface area contributed by atoms with E-state index in [1.165, 1.54) is 37.9 Å². The van der Waals surface area contributed by atoms with Crippen LogP contribution < -0.4 is 4.90 Å². The minimum atomic E-state index is 1.01. The van der Waals surface area contributed by atoms with E-state index < -0.39 is 0 Å². The Morgan fingerprint density at radius 1 is 0.955 bits per heavy atom. The first-order valence-corrected chi connectivity index (χ1v) is 8.19. The van der Waals surface area contributed by atoms with Crippen LogP contribution in [0.2, 0.25) is 0 Å². The molecule has 22 heavy (non-hydrogen) atoms. The highest BCUT2D eigenvalue weighted by atomic mass is 15.2. The fourth-order valence-electron chi connectivity index (χ4n) is 3.03. The largest absolute Gasteiger partial charge is 0.354 e. The molecule has 1 aromatic carbocycles. The van der Waals surface area contributed by atoms with Crippen LogP contribution in [0.1, 0.15) is 18.4 Å².